The van der Waals surface area contributed by atoms with Crippen molar-refractivity contribution in [1.82, 2.24) is 0 Å². The Kier molecular flexibility index (Phi) is 5.79. The molecule has 0 aromatic heterocycles. The topological polar surface area (TPSA) is 0 Å². The van der Waals surface area contributed by atoms with Gasteiger partial charge in [-0.3, -0.25) is 0 Å². The van der Waals surface area contributed by atoms with E-state index >= 15 is 0 Å². The van der Waals surface area contributed by atoms with Gasteiger partial charge in [0.15, 0.2) is 0 Å². The molecule has 6 heteroatoms. The van der Waals surface area contributed by atoms with E-state index < -0.39 is 9.96 Å². The molecule has 0 aliphatic heterocycles. The number of halogens is 5. The fourth-order valence-corrected chi connectivity index (χ4v) is 1.06. The van der Waals surface area contributed by atoms with E-state index in [9.17, 15) is 13.2 Å². The van der Waals surface area contributed by atoms with Gasteiger partial charge in [0.1, 0.15) is 0 Å². The fraction of sp³-hybridized carbons (Fsp3) is 0.571. The first-order valence-corrected chi connectivity index (χ1v) is 5.63. The maximum Gasteiger partial charge on any atom is 0.352 e. The number of hydrogen-bond donors (Lipinski definition) is 0. The average Bonchev–Trinajstić information content (AvgIpc) is 1.96. The second-order valence-electron chi connectivity index (χ2n) is 2.10. The normalized spacial score (nSPS) is 17.7. The highest BCUT2D eigenvalue weighted by Gasteiger charge is 2.49. The summed E-state index contributed by atoms with van der Waals surface area (Å²) in [6.07, 6.45) is 1.88. The molecule has 1 radical (unpaired) electrons. The van der Waals surface area contributed by atoms with Crippen LogP contribution in [0.5, 0.6) is 0 Å². The van der Waals surface area contributed by atoms with Crippen molar-refractivity contribution in [3.63, 3.8) is 0 Å². The first kappa shape index (κ1) is 13.7. The molecule has 0 saturated carbocycles. The van der Waals surface area contributed by atoms with Gasteiger partial charge in [-0.05, 0) is 34.7 Å². The number of rotatable bonds is 5. The zero-order valence-corrected chi connectivity index (χ0v) is 9.73. The van der Waals surface area contributed by atoms with E-state index in [2.05, 4.69) is 6.92 Å². The van der Waals surface area contributed by atoms with Gasteiger partial charge in [0.05, 0.1) is 0 Å². The maximum absolute atomic E-state index is 12.9. The summed E-state index contributed by atoms with van der Waals surface area (Å²) in [4.78, 5) is -3.76. The predicted octanol–water partition coefficient (Wildman–Crippen LogP) is 4.00. The molecular weight excluding hydrogens is 288 g/mol. The lowest BCUT2D eigenvalue weighted by atomic mass is 10.3. The Labute approximate surface area is 93.0 Å². The van der Waals surface area contributed by atoms with Gasteiger partial charge in [-0.1, -0.05) is 17.7 Å². The molecule has 0 aromatic rings. The van der Waals surface area contributed by atoms with Crippen molar-refractivity contribution in [2.24, 2.45) is 0 Å². The summed E-state index contributed by atoms with van der Waals surface area (Å²) >= 11 is 8.15. The van der Waals surface area contributed by atoms with Crippen LogP contribution in [0.25, 0.3) is 0 Å². The summed E-state index contributed by atoms with van der Waals surface area (Å²) in [5.41, 5.74) is 0. The van der Waals surface area contributed by atoms with E-state index in [-0.39, 0.29) is 0 Å². The van der Waals surface area contributed by atoms with E-state index in [1.165, 1.54) is 17.8 Å². The highest BCUT2D eigenvalue weighted by Crippen LogP contribution is 2.42. The summed E-state index contributed by atoms with van der Waals surface area (Å²) in [6, 6.07) is 0. The smallest absolute Gasteiger partial charge is 0.214 e. The van der Waals surface area contributed by atoms with Crippen molar-refractivity contribution in [3.8, 4) is 0 Å². The van der Waals surface area contributed by atoms with E-state index in [4.69, 9.17) is 11.6 Å². The standard InChI is InChI=1S/C7H8BrClF3S/c1-2-13-5-3-4-6(9,10)7(8,11)12/h3-4H,1-2,5H2. The van der Waals surface area contributed by atoms with Gasteiger partial charge in [0.2, 0.25) is 0 Å². The lowest BCUT2D eigenvalue weighted by Gasteiger charge is -2.18. The molecule has 77 valence electrons. The van der Waals surface area contributed by atoms with E-state index in [0.29, 0.717) is 17.6 Å². The van der Waals surface area contributed by atoms with Crippen LogP contribution in [0.3, 0.4) is 0 Å². The van der Waals surface area contributed by atoms with Crippen LogP contribution in [0.2, 0.25) is 0 Å². The van der Waals surface area contributed by atoms with Gasteiger partial charge in [-0.2, -0.15) is 20.5 Å². The van der Waals surface area contributed by atoms with Gasteiger partial charge < -0.3 is 0 Å². The van der Waals surface area contributed by atoms with Gasteiger partial charge in [0.25, 0.3) is 5.13 Å². The second kappa shape index (κ2) is 5.51. The SMILES string of the molecule is [CH2]CSCC=CC(F)(Cl)C(F)(F)Br. The molecule has 1 atom stereocenters. The molecule has 0 aliphatic rings. The minimum Gasteiger partial charge on any atom is -0.214 e. The first-order chi connectivity index (χ1) is 5.81. The van der Waals surface area contributed by atoms with Crippen LogP contribution < -0.4 is 0 Å². The summed E-state index contributed by atoms with van der Waals surface area (Å²) < 4.78 is 37.6. The van der Waals surface area contributed by atoms with Crippen molar-refractivity contribution >= 4 is 39.3 Å². The van der Waals surface area contributed by atoms with Crippen molar-refractivity contribution in [2.45, 2.75) is 9.96 Å². The second-order valence-corrected chi connectivity index (χ2v) is 4.79. The molecule has 0 saturated heterocycles. The minimum absolute atomic E-state index is 0.408. The average molecular weight is 297 g/mol. The molecule has 0 heterocycles. The Balaban J connectivity index is 4.09. The summed E-state index contributed by atoms with van der Waals surface area (Å²) in [6.45, 7) is 3.51. The number of allylic oxidation sites excluding steroid dienone is 1. The maximum atomic E-state index is 12.9. The minimum atomic E-state index is -3.76. The highest BCUT2D eigenvalue weighted by atomic mass is 79.9. The van der Waals surface area contributed by atoms with Crippen molar-refractivity contribution in [1.29, 1.82) is 0 Å². The van der Waals surface area contributed by atoms with Gasteiger partial charge in [-0.25, -0.2) is 4.39 Å². The molecule has 0 N–H and O–H groups in total. The van der Waals surface area contributed by atoms with E-state index in [1.807, 2.05) is 15.9 Å². The summed E-state index contributed by atoms with van der Waals surface area (Å²) in [5.74, 6) is 1.00. The van der Waals surface area contributed by atoms with Crippen molar-refractivity contribution in [3.05, 3.63) is 19.1 Å². The van der Waals surface area contributed by atoms with Crippen LogP contribution >= 0.6 is 39.3 Å². The molecule has 0 spiro atoms. The number of hydrogen-bond acceptors (Lipinski definition) is 1. The number of alkyl halides is 5. The molecule has 0 bridgehead atoms. The monoisotopic (exact) mass is 295 g/mol. The largest absolute Gasteiger partial charge is 0.352 e. The van der Waals surface area contributed by atoms with E-state index in [0.717, 1.165) is 0 Å². The quantitative estimate of drug-likeness (QED) is 0.420. The molecule has 0 amide bonds. The van der Waals surface area contributed by atoms with Crippen LogP contribution in [0, 0.1) is 6.92 Å². The van der Waals surface area contributed by atoms with E-state index in [1.54, 1.807) is 0 Å². The predicted molar refractivity (Wildman–Crippen MR) is 55.4 cm³/mol. The van der Waals surface area contributed by atoms with Gasteiger partial charge in [0, 0.05) is 5.75 Å². The van der Waals surface area contributed by atoms with Crippen LogP contribution in [-0.4, -0.2) is 21.5 Å². The fourth-order valence-electron chi connectivity index (χ4n) is 0.442. The summed E-state index contributed by atoms with van der Waals surface area (Å²) in [7, 11) is 0. The Bertz CT molecular complexity index is 179. The lowest BCUT2D eigenvalue weighted by molar-refractivity contribution is 0.0218. The molecule has 0 fully saturated rings. The van der Waals surface area contributed by atoms with Gasteiger partial charge in [-0.15, -0.1) is 0 Å². The molecule has 1 unspecified atom stereocenters. The zero-order chi connectivity index (χ0) is 10.5. The Morgan fingerprint density at radius 2 is 2.00 bits per heavy atom. The van der Waals surface area contributed by atoms with Crippen LogP contribution in [-0.2, 0) is 0 Å². The lowest BCUT2D eigenvalue weighted by Crippen LogP contribution is -2.31. The molecule has 0 aromatic carbocycles. The zero-order valence-electron chi connectivity index (χ0n) is 6.57. The van der Waals surface area contributed by atoms with Crippen molar-refractivity contribution in [2.75, 3.05) is 11.5 Å². The Hall–Kier alpha value is 0.650. The third kappa shape index (κ3) is 5.18. The summed E-state index contributed by atoms with van der Waals surface area (Å²) in [5, 5.41) is -3.17. The Morgan fingerprint density at radius 1 is 1.46 bits per heavy atom. The molecular formula is C7H8BrClF3S. The molecule has 0 aliphatic carbocycles. The third-order valence-corrected chi connectivity index (χ3v) is 2.95. The van der Waals surface area contributed by atoms with Crippen molar-refractivity contribution < 1.29 is 13.2 Å². The third-order valence-electron chi connectivity index (χ3n) is 1.06. The first-order valence-electron chi connectivity index (χ1n) is 3.30. The highest BCUT2D eigenvalue weighted by molar-refractivity contribution is 9.10. The van der Waals surface area contributed by atoms with Gasteiger partial charge >= 0.3 is 4.83 Å². The van der Waals surface area contributed by atoms with Crippen LogP contribution in [0.1, 0.15) is 0 Å². The number of thioether (sulfide) groups is 1. The molecule has 0 nitrogen and oxygen atoms in total. The Morgan fingerprint density at radius 3 is 2.38 bits per heavy atom. The molecule has 13 heavy (non-hydrogen) atoms. The molecule has 0 rings (SSSR count). The van der Waals surface area contributed by atoms with Crippen LogP contribution in [0.15, 0.2) is 12.2 Å². The van der Waals surface area contributed by atoms with Crippen LogP contribution in [0.4, 0.5) is 13.2 Å².